The normalized spacial score (nSPS) is 10.8. The Hall–Kier alpha value is -1.35. The molecule has 1 aromatic heterocycles. The molecule has 0 aromatic carbocycles. The van der Waals surface area contributed by atoms with Crippen molar-refractivity contribution in [3.8, 4) is 11.8 Å². The van der Waals surface area contributed by atoms with Crippen molar-refractivity contribution >= 4 is 17.2 Å². The maximum Gasteiger partial charge on any atom is 0.265 e. The minimum Gasteiger partial charge on any atom is -0.395 e. The summed E-state index contributed by atoms with van der Waals surface area (Å²) in [4.78, 5) is 14.5. The third-order valence-electron chi connectivity index (χ3n) is 2.92. The molecule has 2 N–H and O–H groups in total. The van der Waals surface area contributed by atoms with Gasteiger partial charge in [0.1, 0.15) is 4.88 Å². The fraction of sp³-hybridized carbons (Fsp3) is 0.500. The monoisotopic (exact) mass is 281 g/mol. The molecular formula is C14H19NO3S. The summed E-state index contributed by atoms with van der Waals surface area (Å²) < 4.78 is 0. The van der Waals surface area contributed by atoms with Gasteiger partial charge in [0, 0.05) is 19.0 Å². The smallest absolute Gasteiger partial charge is 0.265 e. The Kier molecular flexibility index (Phi) is 5.55. The minimum atomic E-state index is -0.614. The van der Waals surface area contributed by atoms with Crippen LogP contribution in [0.4, 0.5) is 0 Å². The largest absolute Gasteiger partial charge is 0.395 e. The van der Waals surface area contributed by atoms with Gasteiger partial charge in [-0.25, -0.2) is 0 Å². The molecule has 1 rings (SSSR count). The first-order valence-electron chi connectivity index (χ1n) is 6.00. The highest BCUT2D eigenvalue weighted by Gasteiger charge is 2.29. The van der Waals surface area contributed by atoms with Gasteiger partial charge < -0.3 is 15.1 Å². The van der Waals surface area contributed by atoms with E-state index < -0.39 is 5.54 Å². The average Bonchev–Trinajstić information content (AvgIpc) is 2.85. The second-order valence-electron chi connectivity index (χ2n) is 4.77. The van der Waals surface area contributed by atoms with E-state index in [9.17, 15) is 9.90 Å². The van der Waals surface area contributed by atoms with Gasteiger partial charge in [0.25, 0.3) is 5.91 Å². The number of thiophene rings is 1. The lowest BCUT2D eigenvalue weighted by Gasteiger charge is -2.33. The summed E-state index contributed by atoms with van der Waals surface area (Å²) in [5.74, 6) is 5.55. The van der Waals surface area contributed by atoms with Gasteiger partial charge in [-0.05, 0) is 25.3 Å². The molecule has 1 amide bonds. The fourth-order valence-electron chi connectivity index (χ4n) is 1.32. The summed E-state index contributed by atoms with van der Waals surface area (Å²) in [7, 11) is 1.67. The van der Waals surface area contributed by atoms with Gasteiger partial charge >= 0.3 is 0 Å². The van der Waals surface area contributed by atoms with Crippen LogP contribution in [0.15, 0.2) is 11.4 Å². The van der Waals surface area contributed by atoms with E-state index in [0.717, 1.165) is 0 Å². The maximum absolute atomic E-state index is 12.4. The number of hydrogen-bond acceptors (Lipinski definition) is 4. The zero-order chi connectivity index (χ0) is 14.5. The van der Waals surface area contributed by atoms with Crippen molar-refractivity contribution in [1.29, 1.82) is 0 Å². The Morgan fingerprint density at radius 2 is 2.16 bits per heavy atom. The lowest BCUT2D eigenvalue weighted by atomic mass is 10.0. The molecular weight excluding hydrogens is 262 g/mol. The van der Waals surface area contributed by atoms with Crippen LogP contribution in [0, 0.1) is 11.8 Å². The third-order valence-corrected chi connectivity index (χ3v) is 3.82. The van der Waals surface area contributed by atoms with E-state index in [-0.39, 0.29) is 19.1 Å². The highest BCUT2D eigenvalue weighted by atomic mass is 32.1. The number of likely N-dealkylation sites (N-methyl/N-ethyl adjacent to an activating group) is 1. The van der Waals surface area contributed by atoms with Gasteiger partial charge in [-0.15, -0.1) is 11.3 Å². The summed E-state index contributed by atoms with van der Waals surface area (Å²) >= 11 is 1.33. The van der Waals surface area contributed by atoms with Gasteiger partial charge in [-0.1, -0.05) is 11.8 Å². The summed E-state index contributed by atoms with van der Waals surface area (Å²) in [5, 5.41) is 19.8. The Balaban J connectivity index is 2.96. The molecule has 0 saturated carbocycles. The lowest BCUT2D eigenvalue weighted by molar-refractivity contribution is 0.0477. The number of aliphatic hydroxyl groups is 2. The number of carbonyl (C=O) groups excluding carboxylic acids is 1. The van der Waals surface area contributed by atoms with E-state index in [2.05, 4.69) is 11.8 Å². The Morgan fingerprint density at radius 1 is 1.47 bits per heavy atom. The van der Waals surface area contributed by atoms with Crippen molar-refractivity contribution in [2.24, 2.45) is 0 Å². The summed E-state index contributed by atoms with van der Waals surface area (Å²) in [6.07, 6.45) is 0.390. The van der Waals surface area contributed by atoms with E-state index in [4.69, 9.17) is 5.11 Å². The second kappa shape index (κ2) is 6.71. The molecule has 0 aliphatic rings. The van der Waals surface area contributed by atoms with Crippen molar-refractivity contribution in [3.05, 3.63) is 21.9 Å². The first-order valence-corrected chi connectivity index (χ1v) is 6.88. The topological polar surface area (TPSA) is 60.8 Å². The van der Waals surface area contributed by atoms with Crippen molar-refractivity contribution in [2.45, 2.75) is 25.8 Å². The predicted octanol–water partition coefficient (Wildman–Crippen LogP) is 1.32. The molecule has 0 fully saturated rings. The molecule has 0 saturated heterocycles. The van der Waals surface area contributed by atoms with E-state index in [0.29, 0.717) is 16.9 Å². The molecule has 0 bridgehead atoms. The van der Waals surface area contributed by atoms with E-state index in [1.165, 1.54) is 16.2 Å². The van der Waals surface area contributed by atoms with Gasteiger partial charge in [0.15, 0.2) is 0 Å². The third kappa shape index (κ3) is 3.80. The fourth-order valence-corrected chi connectivity index (χ4v) is 2.14. The minimum absolute atomic E-state index is 0.0118. The molecule has 19 heavy (non-hydrogen) atoms. The van der Waals surface area contributed by atoms with Crippen LogP contribution in [0.3, 0.4) is 0 Å². The van der Waals surface area contributed by atoms with Crippen LogP contribution < -0.4 is 0 Å². The lowest BCUT2D eigenvalue weighted by Crippen LogP contribution is -2.47. The number of rotatable bonds is 4. The van der Waals surface area contributed by atoms with Crippen molar-refractivity contribution in [3.63, 3.8) is 0 Å². The van der Waals surface area contributed by atoms with Crippen LogP contribution in [0.2, 0.25) is 0 Å². The number of amides is 1. The highest BCUT2D eigenvalue weighted by Crippen LogP contribution is 2.21. The number of carbonyl (C=O) groups is 1. The molecule has 0 spiro atoms. The molecule has 4 nitrogen and oxygen atoms in total. The van der Waals surface area contributed by atoms with Crippen LogP contribution in [0.5, 0.6) is 0 Å². The highest BCUT2D eigenvalue weighted by molar-refractivity contribution is 7.12. The Morgan fingerprint density at radius 3 is 2.74 bits per heavy atom. The molecule has 0 aliphatic carbocycles. The van der Waals surface area contributed by atoms with Crippen LogP contribution in [-0.2, 0) is 0 Å². The standard InChI is InChI=1S/C14H19NO3S/c1-14(2,10-17)15(3)13(18)12-11(7-9-19-12)6-4-5-8-16/h7,9,16-17H,5,8,10H2,1-3H3. The SMILES string of the molecule is CN(C(=O)c1sccc1C#CCCO)C(C)(C)CO. The molecule has 1 aromatic rings. The molecule has 5 heteroatoms. The molecule has 1 heterocycles. The van der Waals surface area contributed by atoms with Crippen LogP contribution in [0.1, 0.15) is 35.5 Å². The van der Waals surface area contributed by atoms with Gasteiger partial charge in [0.05, 0.1) is 18.8 Å². The molecule has 0 unspecified atom stereocenters. The zero-order valence-electron chi connectivity index (χ0n) is 11.4. The first kappa shape index (κ1) is 15.7. The van der Waals surface area contributed by atoms with Crippen molar-refractivity contribution in [2.75, 3.05) is 20.3 Å². The number of hydrogen-bond donors (Lipinski definition) is 2. The summed E-state index contributed by atoms with van der Waals surface area (Å²) in [6.45, 7) is 3.51. The van der Waals surface area contributed by atoms with Gasteiger partial charge in [0.2, 0.25) is 0 Å². The Bertz CT molecular complexity index is 496. The van der Waals surface area contributed by atoms with Gasteiger partial charge in [-0.3, -0.25) is 4.79 Å². The average molecular weight is 281 g/mol. The molecule has 104 valence electrons. The second-order valence-corrected chi connectivity index (χ2v) is 5.69. The number of nitrogens with zero attached hydrogens (tertiary/aromatic N) is 1. The zero-order valence-corrected chi connectivity index (χ0v) is 12.3. The molecule has 0 atom stereocenters. The van der Waals surface area contributed by atoms with E-state index in [1.807, 2.05) is 5.38 Å². The molecule has 0 radical (unpaired) electrons. The Labute approximate surface area is 117 Å². The van der Waals surface area contributed by atoms with Crippen LogP contribution in [0.25, 0.3) is 0 Å². The predicted molar refractivity (Wildman–Crippen MR) is 76.2 cm³/mol. The quantitative estimate of drug-likeness (QED) is 0.818. The first-order chi connectivity index (χ1) is 8.94. The summed E-state index contributed by atoms with van der Waals surface area (Å²) in [6, 6.07) is 1.79. The maximum atomic E-state index is 12.4. The summed E-state index contributed by atoms with van der Waals surface area (Å²) in [5.41, 5.74) is 0.0562. The van der Waals surface area contributed by atoms with Crippen molar-refractivity contribution in [1.82, 2.24) is 4.90 Å². The van der Waals surface area contributed by atoms with E-state index >= 15 is 0 Å². The number of aliphatic hydroxyl groups excluding tert-OH is 2. The van der Waals surface area contributed by atoms with Crippen molar-refractivity contribution < 1.29 is 15.0 Å². The van der Waals surface area contributed by atoms with Crippen LogP contribution in [-0.4, -0.2) is 46.8 Å². The molecule has 0 aliphatic heterocycles. The van der Waals surface area contributed by atoms with Gasteiger partial charge in [-0.2, -0.15) is 0 Å². The van der Waals surface area contributed by atoms with Crippen LogP contribution >= 0.6 is 11.3 Å². The van der Waals surface area contributed by atoms with E-state index in [1.54, 1.807) is 27.0 Å².